The van der Waals surface area contributed by atoms with Crippen LogP contribution in [0.3, 0.4) is 0 Å². The molecule has 9 heteroatoms. The van der Waals surface area contributed by atoms with E-state index >= 15 is 0 Å². The minimum absolute atomic E-state index is 0.0822. The molecule has 0 saturated carbocycles. The topological polar surface area (TPSA) is 93.2 Å². The fourth-order valence-electron chi connectivity index (χ4n) is 2.92. The van der Waals surface area contributed by atoms with Crippen LogP contribution >= 0.6 is 0 Å². The molecular formula is C21H21FN2O4S2. The summed E-state index contributed by atoms with van der Waals surface area (Å²) in [7, 11) is -7.97. The molecule has 0 aliphatic heterocycles. The third-order valence-corrected chi connectivity index (χ3v) is 8.22. The minimum atomic E-state index is -4.05. The van der Waals surface area contributed by atoms with Crippen molar-refractivity contribution in [1.82, 2.24) is 9.71 Å². The number of hydrogen-bond donors (Lipinski definition) is 1. The Bertz CT molecular complexity index is 1240. The molecule has 0 radical (unpaired) electrons. The smallest absolute Gasteiger partial charge is 0.240 e. The summed E-state index contributed by atoms with van der Waals surface area (Å²) in [6, 6.07) is 12.9. The van der Waals surface area contributed by atoms with E-state index in [0.29, 0.717) is 5.56 Å². The second-order valence-electron chi connectivity index (χ2n) is 6.90. The molecule has 0 aliphatic rings. The quantitative estimate of drug-likeness (QED) is 0.598. The van der Waals surface area contributed by atoms with Gasteiger partial charge in [-0.2, -0.15) is 0 Å². The Morgan fingerprint density at radius 2 is 1.63 bits per heavy atom. The molecule has 1 atom stereocenters. The van der Waals surface area contributed by atoms with Crippen molar-refractivity contribution in [1.29, 1.82) is 0 Å². The van der Waals surface area contributed by atoms with Gasteiger partial charge in [-0.25, -0.2) is 25.9 Å². The molecule has 3 rings (SSSR count). The van der Waals surface area contributed by atoms with Gasteiger partial charge in [0.25, 0.3) is 0 Å². The average molecular weight is 449 g/mol. The predicted octanol–water partition coefficient (Wildman–Crippen LogP) is 3.33. The largest absolute Gasteiger partial charge is 0.264 e. The van der Waals surface area contributed by atoms with E-state index in [1.165, 1.54) is 37.5 Å². The first-order chi connectivity index (χ1) is 14.1. The molecule has 0 fully saturated rings. The summed E-state index contributed by atoms with van der Waals surface area (Å²) < 4.78 is 67.8. The van der Waals surface area contributed by atoms with Crippen molar-refractivity contribution in [2.24, 2.45) is 0 Å². The molecule has 0 saturated heterocycles. The summed E-state index contributed by atoms with van der Waals surface area (Å²) >= 11 is 0. The number of benzene rings is 2. The lowest BCUT2D eigenvalue weighted by atomic mass is 10.2. The van der Waals surface area contributed by atoms with E-state index in [-0.39, 0.29) is 15.4 Å². The first kappa shape index (κ1) is 22.1. The van der Waals surface area contributed by atoms with Crippen molar-refractivity contribution < 1.29 is 21.2 Å². The van der Waals surface area contributed by atoms with Crippen molar-refractivity contribution >= 4 is 19.9 Å². The third-order valence-electron chi connectivity index (χ3n) is 4.68. The lowest BCUT2D eigenvalue weighted by Gasteiger charge is -2.19. The molecule has 1 aromatic heterocycles. The van der Waals surface area contributed by atoms with Crippen molar-refractivity contribution in [3.8, 4) is 0 Å². The first-order valence-corrected chi connectivity index (χ1v) is 12.1. The van der Waals surface area contributed by atoms with E-state index in [4.69, 9.17) is 0 Å². The molecule has 0 bridgehead atoms. The van der Waals surface area contributed by atoms with Crippen LogP contribution in [0.4, 0.5) is 4.39 Å². The average Bonchev–Trinajstić information content (AvgIpc) is 2.71. The summed E-state index contributed by atoms with van der Waals surface area (Å²) in [5.74, 6) is -0.524. The summed E-state index contributed by atoms with van der Waals surface area (Å²) in [6.07, 6.45) is 2.90. The van der Waals surface area contributed by atoms with Crippen LogP contribution in [-0.2, 0) is 19.9 Å². The van der Waals surface area contributed by atoms with Gasteiger partial charge in [0.1, 0.15) is 11.1 Å². The zero-order valence-electron chi connectivity index (χ0n) is 16.4. The van der Waals surface area contributed by atoms with Crippen LogP contribution < -0.4 is 4.72 Å². The maximum absolute atomic E-state index is 13.5. The van der Waals surface area contributed by atoms with Crippen LogP contribution in [-0.4, -0.2) is 28.4 Å². The normalized spacial score (nSPS) is 13.2. The van der Waals surface area contributed by atoms with Gasteiger partial charge in [0, 0.05) is 18.9 Å². The van der Waals surface area contributed by atoms with E-state index in [1.807, 2.05) is 6.92 Å². The lowest BCUT2D eigenvalue weighted by Crippen LogP contribution is -2.32. The van der Waals surface area contributed by atoms with Crippen LogP contribution in [0.25, 0.3) is 0 Å². The number of aromatic nitrogens is 1. The van der Waals surface area contributed by atoms with E-state index in [9.17, 15) is 21.2 Å². The number of sulfone groups is 1. The number of nitrogens with zero attached hydrogens (tertiary/aromatic N) is 1. The van der Waals surface area contributed by atoms with Crippen LogP contribution in [0.5, 0.6) is 0 Å². The minimum Gasteiger partial charge on any atom is -0.264 e. The Balaban J connectivity index is 1.96. The molecule has 0 aliphatic carbocycles. The Labute approximate surface area is 175 Å². The standard InChI is InChI=1S/C21H21FN2O4S2/c1-15-5-7-18(8-6-15)29(25,26)21(17-4-3-11-23-13-17)14-24-30(27,28)19-9-10-20(22)16(2)12-19/h3-13,21,24H,14H2,1-2H3/t21-/m0/s1. The molecule has 6 nitrogen and oxygen atoms in total. The summed E-state index contributed by atoms with van der Waals surface area (Å²) in [6.45, 7) is 2.89. The van der Waals surface area contributed by atoms with Crippen molar-refractivity contribution in [2.75, 3.05) is 6.54 Å². The SMILES string of the molecule is Cc1ccc(S(=O)(=O)[C@@H](CNS(=O)(=O)c2ccc(F)c(C)c2)c2cccnc2)cc1. The van der Waals surface area contributed by atoms with Crippen LogP contribution in [0.2, 0.25) is 0 Å². The molecular weight excluding hydrogens is 427 g/mol. The molecule has 1 heterocycles. The van der Waals surface area contributed by atoms with Gasteiger partial charge in [0.2, 0.25) is 10.0 Å². The van der Waals surface area contributed by atoms with Crippen molar-refractivity contribution in [2.45, 2.75) is 28.9 Å². The molecule has 1 N–H and O–H groups in total. The van der Waals surface area contributed by atoms with Crippen molar-refractivity contribution in [3.63, 3.8) is 0 Å². The highest BCUT2D eigenvalue weighted by Gasteiger charge is 2.31. The third kappa shape index (κ3) is 4.75. The highest BCUT2D eigenvalue weighted by atomic mass is 32.2. The van der Waals surface area contributed by atoms with Crippen LogP contribution in [0, 0.1) is 19.7 Å². The van der Waals surface area contributed by atoms with E-state index in [0.717, 1.165) is 17.7 Å². The van der Waals surface area contributed by atoms with Gasteiger partial charge in [0.15, 0.2) is 9.84 Å². The highest BCUT2D eigenvalue weighted by molar-refractivity contribution is 7.92. The molecule has 0 amide bonds. The lowest BCUT2D eigenvalue weighted by molar-refractivity contribution is 0.568. The fourth-order valence-corrected chi connectivity index (χ4v) is 5.80. The summed E-state index contributed by atoms with van der Waals surface area (Å²) in [5, 5.41) is -1.19. The van der Waals surface area contributed by atoms with Crippen LogP contribution in [0.15, 0.2) is 76.8 Å². The zero-order chi connectivity index (χ0) is 21.9. The number of hydrogen-bond acceptors (Lipinski definition) is 5. The Morgan fingerprint density at radius 3 is 2.23 bits per heavy atom. The van der Waals surface area contributed by atoms with Gasteiger partial charge < -0.3 is 0 Å². The second-order valence-corrected chi connectivity index (χ2v) is 10.8. The van der Waals surface area contributed by atoms with E-state index in [2.05, 4.69) is 9.71 Å². The Morgan fingerprint density at radius 1 is 0.967 bits per heavy atom. The van der Waals surface area contributed by atoms with E-state index in [1.54, 1.807) is 24.3 Å². The molecule has 2 aromatic carbocycles. The summed E-state index contributed by atoms with van der Waals surface area (Å²) in [5.41, 5.74) is 1.43. The highest BCUT2D eigenvalue weighted by Crippen LogP contribution is 2.29. The molecule has 158 valence electrons. The fraction of sp³-hybridized carbons (Fsp3) is 0.190. The van der Waals surface area contributed by atoms with Crippen LogP contribution in [0.1, 0.15) is 21.9 Å². The van der Waals surface area contributed by atoms with Gasteiger partial charge in [0.05, 0.1) is 9.79 Å². The number of nitrogens with one attached hydrogen (secondary N) is 1. The summed E-state index contributed by atoms with van der Waals surface area (Å²) in [4.78, 5) is 3.91. The maximum Gasteiger partial charge on any atom is 0.240 e. The monoisotopic (exact) mass is 448 g/mol. The maximum atomic E-state index is 13.5. The van der Waals surface area contributed by atoms with Gasteiger partial charge >= 0.3 is 0 Å². The Hall–Kier alpha value is -2.62. The number of rotatable bonds is 7. The van der Waals surface area contributed by atoms with Gasteiger partial charge in [-0.05, 0) is 61.4 Å². The molecule has 3 aromatic rings. The number of pyridine rings is 1. The van der Waals surface area contributed by atoms with Gasteiger partial charge in [-0.1, -0.05) is 23.8 Å². The van der Waals surface area contributed by atoms with E-state index < -0.39 is 37.5 Å². The molecule has 0 spiro atoms. The first-order valence-electron chi connectivity index (χ1n) is 9.07. The number of halogens is 1. The second kappa shape index (κ2) is 8.63. The van der Waals surface area contributed by atoms with Crippen molar-refractivity contribution in [3.05, 3.63) is 89.5 Å². The number of sulfonamides is 1. The Kier molecular flexibility index (Phi) is 6.35. The molecule has 0 unspecified atom stereocenters. The van der Waals surface area contributed by atoms with Gasteiger partial charge in [-0.15, -0.1) is 0 Å². The number of aryl methyl sites for hydroxylation is 2. The molecule has 30 heavy (non-hydrogen) atoms. The van der Waals surface area contributed by atoms with Gasteiger partial charge in [-0.3, -0.25) is 4.98 Å². The predicted molar refractivity (Wildman–Crippen MR) is 112 cm³/mol. The zero-order valence-corrected chi connectivity index (χ0v) is 18.0.